The van der Waals surface area contributed by atoms with E-state index in [-0.39, 0.29) is 0 Å². The highest BCUT2D eigenvalue weighted by Gasteiger charge is 2.50. The third-order valence-electron chi connectivity index (χ3n) is 2.35. The van der Waals surface area contributed by atoms with Crippen LogP contribution in [0.4, 0.5) is 18.9 Å². The first kappa shape index (κ1) is 18.5. The molecule has 23 heavy (non-hydrogen) atoms. The molecule has 0 heterocycles. The van der Waals surface area contributed by atoms with Gasteiger partial charge in [-0.05, 0) is 6.07 Å². The van der Waals surface area contributed by atoms with Gasteiger partial charge in [-0.1, -0.05) is 0 Å². The first-order valence-corrected chi connectivity index (χ1v) is 6.81. The lowest BCUT2D eigenvalue weighted by atomic mass is 10.1. The zero-order valence-corrected chi connectivity index (χ0v) is 12.2. The van der Waals surface area contributed by atoms with Crippen LogP contribution >= 0.6 is 0 Å². The molecule has 0 radical (unpaired) electrons. The number of alkyl halides is 3. The smallest absolute Gasteiger partial charge is 0.492 e. The van der Waals surface area contributed by atoms with Gasteiger partial charge in [-0.15, -0.1) is 0 Å². The van der Waals surface area contributed by atoms with Crippen LogP contribution < -0.4 is 8.92 Å². The first-order valence-electron chi connectivity index (χ1n) is 5.40. The van der Waals surface area contributed by atoms with Crippen molar-refractivity contribution >= 4 is 21.8 Å². The maximum Gasteiger partial charge on any atom is 0.534 e. The van der Waals surface area contributed by atoms with Gasteiger partial charge < -0.3 is 13.7 Å². The van der Waals surface area contributed by atoms with E-state index in [1.807, 2.05) is 0 Å². The molecule has 0 saturated carbocycles. The summed E-state index contributed by atoms with van der Waals surface area (Å²) < 4.78 is 71.7. The third kappa shape index (κ3) is 3.80. The maximum absolute atomic E-state index is 12.4. The number of carbonyl (C=O) groups excluding carboxylic acids is 1. The van der Waals surface area contributed by atoms with E-state index >= 15 is 0 Å². The minimum Gasteiger partial charge on any atom is -0.492 e. The largest absolute Gasteiger partial charge is 0.534 e. The summed E-state index contributed by atoms with van der Waals surface area (Å²) in [6.45, 7) is 0. The molecule has 9 nitrogen and oxygen atoms in total. The van der Waals surface area contributed by atoms with Gasteiger partial charge in [0, 0.05) is 6.07 Å². The van der Waals surface area contributed by atoms with Crippen LogP contribution in [-0.2, 0) is 14.9 Å². The Morgan fingerprint density at radius 2 is 1.83 bits per heavy atom. The van der Waals surface area contributed by atoms with Crippen LogP contribution in [0.1, 0.15) is 10.4 Å². The second-order valence-electron chi connectivity index (χ2n) is 3.76. The van der Waals surface area contributed by atoms with Crippen LogP contribution in [0.3, 0.4) is 0 Å². The Morgan fingerprint density at radius 3 is 2.22 bits per heavy atom. The fraction of sp³-hybridized carbons (Fsp3) is 0.300. The Balaban J connectivity index is 3.59. The average Bonchev–Trinajstić information content (AvgIpc) is 2.44. The summed E-state index contributed by atoms with van der Waals surface area (Å²) >= 11 is 0. The van der Waals surface area contributed by atoms with Gasteiger partial charge in [0.2, 0.25) is 0 Å². The number of esters is 1. The number of nitrogens with zero attached hydrogens (tertiary/aromatic N) is 1. The molecule has 0 aliphatic rings. The number of halogens is 3. The number of rotatable bonds is 5. The summed E-state index contributed by atoms with van der Waals surface area (Å²) in [5.74, 6) is -3.15. The summed E-state index contributed by atoms with van der Waals surface area (Å²) in [6.07, 6.45) is 0. The van der Waals surface area contributed by atoms with E-state index < -0.39 is 49.3 Å². The van der Waals surface area contributed by atoms with Crippen LogP contribution in [0.15, 0.2) is 12.1 Å². The molecule has 13 heteroatoms. The Bertz CT molecular complexity index is 743. The molecular formula is C10H8F3NO8S. The first-order chi connectivity index (χ1) is 10.4. The zero-order valence-electron chi connectivity index (χ0n) is 11.4. The molecule has 0 N–H and O–H groups in total. The molecular weight excluding hydrogens is 351 g/mol. The van der Waals surface area contributed by atoms with Crippen LogP contribution in [0.5, 0.6) is 11.5 Å². The molecule has 0 unspecified atom stereocenters. The van der Waals surface area contributed by atoms with E-state index in [0.717, 1.165) is 20.3 Å². The van der Waals surface area contributed by atoms with E-state index in [1.165, 1.54) is 0 Å². The van der Waals surface area contributed by atoms with E-state index in [9.17, 15) is 36.5 Å². The molecule has 0 aromatic heterocycles. The minimum atomic E-state index is -6.18. The van der Waals surface area contributed by atoms with Gasteiger partial charge in [0.25, 0.3) is 5.75 Å². The highest BCUT2D eigenvalue weighted by atomic mass is 32.2. The monoisotopic (exact) mass is 359 g/mol. The standard InChI is InChI=1S/C10H8F3NO8S/c1-20-7-4-5(9(15)21-2)3-6(14(16)17)8(7)22-23(18,19)10(11,12)13/h3-4H,1-2H3. The van der Waals surface area contributed by atoms with E-state index in [1.54, 1.807) is 0 Å². The summed E-state index contributed by atoms with van der Waals surface area (Å²) in [4.78, 5) is 21.1. The van der Waals surface area contributed by atoms with Crippen molar-refractivity contribution in [3.8, 4) is 11.5 Å². The van der Waals surface area contributed by atoms with Crippen LogP contribution in [-0.4, -0.2) is 39.0 Å². The second-order valence-corrected chi connectivity index (χ2v) is 5.30. The quantitative estimate of drug-likeness (QED) is 0.255. The molecule has 0 atom stereocenters. The second kappa shape index (κ2) is 6.28. The summed E-state index contributed by atoms with van der Waals surface area (Å²) in [6, 6.07) is 1.23. The van der Waals surface area contributed by atoms with Crippen LogP contribution in [0, 0.1) is 10.1 Å². The van der Waals surface area contributed by atoms with E-state index in [4.69, 9.17) is 0 Å². The van der Waals surface area contributed by atoms with Gasteiger partial charge in [0.15, 0.2) is 5.75 Å². The number of hydrogen-bond acceptors (Lipinski definition) is 8. The van der Waals surface area contributed by atoms with Crippen molar-refractivity contribution in [2.45, 2.75) is 5.51 Å². The molecule has 0 aliphatic heterocycles. The van der Waals surface area contributed by atoms with Crippen LogP contribution in [0.2, 0.25) is 0 Å². The lowest BCUT2D eigenvalue weighted by Crippen LogP contribution is -2.28. The predicted molar refractivity (Wildman–Crippen MR) is 66.6 cm³/mol. The Kier molecular flexibility index (Phi) is 5.04. The SMILES string of the molecule is COC(=O)c1cc(OC)c(OS(=O)(=O)C(F)(F)F)c([N+](=O)[O-])c1. The summed E-state index contributed by atoms with van der Waals surface area (Å²) in [5, 5.41) is 10.9. The molecule has 0 amide bonds. The van der Waals surface area contributed by atoms with Crippen molar-refractivity contribution in [3.63, 3.8) is 0 Å². The number of nitro groups is 1. The Morgan fingerprint density at radius 1 is 1.26 bits per heavy atom. The number of benzene rings is 1. The van der Waals surface area contributed by atoms with E-state index in [0.29, 0.717) is 6.07 Å². The van der Waals surface area contributed by atoms with Crippen LogP contribution in [0.25, 0.3) is 0 Å². The van der Waals surface area contributed by atoms with Crippen molar-refractivity contribution in [2.75, 3.05) is 14.2 Å². The number of nitro benzene ring substituents is 1. The molecule has 1 aromatic rings. The van der Waals surface area contributed by atoms with Gasteiger partial charge >= 0.3 is 27.3 Å². The Hall–Kier alpha value is -2.57. The normalized spacial score (nSPS) is 11.7. The molecule has 0 bridgehead atoms. The van der Waals surface area contributed by atoms with Gasteiger partial charge in [0.05, 0.1) is 24.7 Å². The topological polar surface area (TPSA) is 122 Å². The molecule has 1 rings (SSSR count). The number of carbonyl (C=O) groups is 1. The van der Waals surface area contributed by atoms with Crippen molar-refractivity contribution in [1.29, 1.82) is 0 Å². The maximum atomic E-state index is 12.4. The highest BCUT2D eigenvalue weighted by molar-refractivity contribution is 7.88. The van der Waals surface area contributed by atoms with Gasteiger partial charge in [-0.3, -0.25) is 10.1 Å². The molecule has 1 aromatic carbocycles. The van der Waals surface area contributed by atoms with Crippen molar-refractivity contribution < 1.29 is 45.0 Å². The van der Waals surface area contributed by atoms with Gasteiger partial charge in [-0.25, -0.2) is 4.79 Å². The molecule has 0 saturated heterocycles. The minimum absolute atomic E-state index is 0.451. The molecule has 128 valence electrons. The van der Waals surface area contributed by atoms with Crippen molar-refractivity contribution in [2.24, 2.45) is 0 Å². The molecule has 0 spiro atoms. The Labute approximate surface area is 126 Å². The van der Waals surface area contributed by atoms with Crippen molar-refractivity contribution in [3.05, 3.63) is 27.8 Å². The average molecular weight is 359 g/mol. The fourth-order valence-corrected chi connectivity index (χ4v) is 1.83. The lowest BCUT2D eigenvalue weighted by molar-refractivity contribution is -0.385. The number of methoxy groups -OCH3 is 2. The van der Waals surface area contributed by atoms with Gasteiger partial charge in [0.1, 0.15) is 0 Å². The predicted octanol–water partition coefficient (Wildman–Crippen LogP) is 1.62. The lowest BCUT2D eigenvalue weighted by Gasteiger charge is -2.13. The molecule has 0 fully saturated rings. The number of hydrogen-bond donors (Lipinski definition) is 0. The highest BCUT2D eigenvalue weighted by Crippen LogP contribution is 2.41. The van der Waals surface area contributed by atoms with Crippen molar-refractivity contribution in [1.82, 2.24) is 0 Å². The number of ether oxygens (including phenoxy) is 2. The molecule has 0 aliphatic carbocycles. The fourth-order valence-electron chi connectivity index (χ4n) is 1.35. The van der Waals surface area contributed by atoms with E-state index in [2.05, 4.69) is 13.7 Å². The zero-order chi connectivity index (χ0) is 18.0. The summed E-state index contributed by atoms with van der Waals surface area (Å²) in [5.41, 5.74) is -7.49. The summed E-state index contributed by atoms with van der Waals surface area (Å²) in [7, 11) is -4.34. The third-order valence-corrected chi connectivity index (χ3v) is 3.30. The van der Waals surface area contributed by atoms with Gasteiger partial charge in [-0.2, -0.15) is 21.6 Å².